The number of pyridine rings is 1. The standard InChI is InChI=1S/C20H18FN7O5/c1-27-17(24-25-26-27)16-5-2-11(10-23-16)13-4-3-12(8-14(13)21)20(28-6-7-31-19(28)30)9-15(22)18(29)32-33-20/h2-5,8,10,15H,6-7,9,22H2,1H3/t15-,20-/m1/s1. The van der Waals surface area contributed by atoms with Crippen molar-refractivity contribution in [2.75, 3.05) is 13.2 Å². The van der Waals surface area contributed by atoms with Crippen molar-refractivity contribution in [1.29, 1.82) is 0 Å². The normalized spacial score (nSPS) is 22.9. The molecule has 0 unspecified atom stereocenters. The molecule has 13 heteroatoms. The number of hydrogen-bond donors (Lipinski definition) is 1. The molecule has 0 spiro atoms. The monoisotopic (exact) mass is 455 g/mol. The molecule has 2 saturated heterocycles. The van der Waals surface area contributed by atoms with E-state index in [1.165, 1.54) is 27.9 Å². The third-order valence-electron chi connectivity index (χ3n) is 5.60. The van der Waals surface area contributed by atoms with Crippen LogP contribution in [0.25, 0.3) is 22.6 Å². The number of tetrazole rings is 1. The topological polar surface area (TPSA) is 148 Å². The Morgan fingerprint density at radius 3 is 2.70 bits per heavy atom. The van der Waals surface area contributed by atoms with Crippen LogP contribution in [0, 0.1) is 5.82 Å². The first-order chi connectivity index (χ1) is 15.9. The Labute approximate surface area is 186 Å². The zero-order valence-electron chi connectivity index (χ0n) is 17.3. The predicted molar refractivity (Wildman–Crippen MR) is 107 cm³/mol. The van der Waals surface area contributed by atoms with Gasteiger partial charge in [-0.1, -0.05) is 18.2 Å². The summed E-state index contributed by atoms with van der Waals surface area (Å²) in [5.74, 6) is -0.903. The smallest absolute Gasteiger partial charge is 0.412 e. The van der Waals surface area contributed by atoms with Crippen molar-refractivity contribution < 1.29 is 28.5 Å². The molecule has 33 heavy (non-hydrogen) atoms. The lowest BCUT2D eigenvalue weighted by Gasteiger charge is -2.42. The highest BCUT2D eigenvalue weighted by molar-refractivity contribution is 5.77. The average molecular weight is 455 g/mol. The average Bonchev–Trinajstić information content (AvgIpc) is 3.44. The number of carbonyl (C=O) groups excluding carboxylic acids is 2. The Morgan fingerprint density at radius 2 is 2.09 bits per heavy atom. The van der Waals surface area contributed by atoms with Crippen molar-refractivity contribution in [1.82, 2.24) is 30.1 Å². The van der Waals surface area contributed by atoms with Gasteiger partial charge in [0.15, 0.2) is 5.82 Å². The predicted octanol–water partition coefficient (Wildman–Crippen LogP) is 0.889. The molecule has 2 atom stereocenters. The Bertz CT molecular complexity index is 1230. The third kappa shape index (κ3) is 3.47. The maximum absolute atomic E-state index is 15.3. The van der Waals surface area contributed by atoms with Crippen molar-refractivity contribution in [3.05, 3.63) is 47.9 Å². The Kier molecular flexibility index (Phi) is 4.98. The lowest BCUT2D eigenvalue weighted by atomic mass is 9.91. The highest BCUT2D eigenvalue weighted by atomic mass is 19.1. The molecule has 0 aliphatic carbocycles. The molecule has 5 rings (SSSR count). The van der Waals surface area contributed by atoms with Crippen LogP contribution >= 0.6 is 0 Å². The van der Waals surface area contributed by atoms with Crippen LogP contribution in [-0.4, -0.2) is 61.3 Å². The van der Waals surface area contributed by atoms with Gasteiger partial charge in [-0.3, -0.25) is 14.8 Å². The number of amides is 1. The number of aryl methyl sites for hydroxylation is 1. The van der Waals surface area contributed by atoms with Gasteiger partial charge >= 0.3 is 12.1 Å². The number of hydrogen-bond acceptors (Lipinski definition) is 10. The number of benzene rings is 1. The van der Waals surface area contributed by atoms with Gasteiger partial charge in [0.2, 0.25) is 5.72 Å². The van der Waals surface area contributed by atoms with E-state index in [2.05, 4.69) is 20.5 Å². The summed E-state index contributed by atoms with van der Waals surface area (Å²) in [6.07, 6.45) is 0.703. The maximum Gasteiger partial charge on any atom is 0.412 e. The minimum Gasteiger partial charge on any atom is -0.447 e. The molecule has 2 aromatic heterocycles. The molecule has 2 aliphatic heterocycles. The summed E-state index contributed by atoms with van der Waals surface area (Å²) in [5.41, 5.74) is 5.83. The second-order valence-corrected chi connectivity index (χ2v) is 7.60. The van der Waals surface area contributed by atoms with Crippen molar-refractivity contribution in [3.63, 3.8) is 0 Å². The number of ether oxygens (including phenoxy) is 1. The van der Waals surface area contributed by atoms with Gasteiger partial charge in [-0.15, -0.1) is 5.10 Å². The Morgan fingerprint density at radius 1 is 1.24 bits per heavy atom. The molecule has 2 N–H and O–H groups in total. The highest BCUT2D eigenvalue weighted by Gasteiger charge is 2.53. The molecule has 1 aromatic carbocycles. The van der Waals surface area contributed by atoms with Crippen molar-refractivity contribution in [3.8, 4) is 22.6 Å². The van der Waals surface area contributed by atoms with E-state index >= 15 is 4.39 Å². The van der Waals surface area contributed by atoms with Gasteiger partial charge in [0.05, 0.1) is 6.54 Å². The molecule has 0 saturated carbocycles. The van der Waals surface area contributed by atoms with Crippen LogP contribution in [0.2, 0.25) is 0 Å². The van der Waals surface area contributed by atoms with Crippen molar-refractivity contribution in [2.45, 2.75) is 18.2 Å². The molecule has 0 bridgehead atoms. The largest absolute Gasteiger partial charge is 0.447 e. The summed E-state index contributed by atoms with van der Waals surface area (Å²) >= 11 is 0. The Balaban J connectivity index is 1.50. The summed E-state index contributed by atoms with van der Waals surface area (Å²) in [4.78, 5) is 39.7. The van der Waals surface area contributed by atoms with Crippen LogP contribution in [0.3, 0.4) is 0 Å². The van der Waals surface area contributed by atoms with Crippen molar-refractivity contribution >= 4 is 12.1 Å². The van der Waals surface area contributed by atoms with Crippen LogP contribution in [0.1, 0.15) is 12.0 Å². The van der Waals surface area contributed by atoms with E-state index in [0.717, 1.165) is 0 Å². The lowest BCUT2D eigenvalue weighted by Crippen LogP contribution is -2.57. The fourth-order valence-electron chi connectivity index (χ4n) is 3.91. The molecule has 0 radical (unpaired) electrons. The van der Waals surface area contributed by atoms with E-state index in [4.69, 9.17) is 20.2 Å². The molecular weight excluding hydrogens is 437 g/mol. The minimum absolute atomic E-state index is 0.118. The van der Waals surface area contributed by atoms with E-state index in [-0.39, 0.29) is 30.7 Å². The van der Waals surface area contributed by atoms with Gasteiger partial charge in [-0.05, 0) is 22.6 Å². The number of rotatable bonds is 4. The molecule has 2 fully saturated rings. The quantitative estimate of drug-likeness (QED) is 0.562. The number of cyclic esters (lactones) is 1. The fraction of sp³-hybridized carbons (Fsp3) is 0.300. The molecule has 2 aliphatic rings. The van der Waals surface area contributed by atoms with Crippen LogP contribution < -0.4 is 5.73 Å². The molecular formula is C20H18FN7O5. The van der Waals surface area contributed by atoms with Gasteiger partial charge in [0, 0.05) is 36.4 Å². The van der Waals surface area contributed by atoms with Gasteiger partial charge in [0.25, 0.3) is 0 Å². The molecule has 4 heterocycles. The summed E-state index contributed by atoms with van der Waals surface area (Å²) in [6, 6.07) is 6.63. The summed E-state index contributed by atoms with van der Waals surface area (Å²) < 4.78 is 21.7. The number of nitrogens with zero attached hydrogens (tertiary/aromatic N) is 6. The van der Waals surface area contributed by atoms with Gasteiger partial charge in [-0.25, -0.2) is 18.7 Å². The first-order valence-electron chi connectivity index (χ1n) is 9.98. The van der Waals surface area contributed by atoms with Crippen LogP contribution in [0.15, 0.2) is 36.5 Å². The summed E-state index contributed by atoms with van der Waals surface area (Å²) in [7, 11) is 1.69. The SMILES string of the molecule is Cn1nnnc1-c1ccc(-c2ccc([C@@]3(N4CCOC4=O)C[C@@H](N)C(=O)OO3)cc2F)cn1. The lowest BCUT2D eigenvalue weighted by molar-refractivity contribution is -0.386. The maximum atomic E-state index is 15.3. The van der Waals surface area contributed by atoms with E-state index in [1.54, 1.807) is 25.2 Å². The van der Waals surface area contributed by atoms with Crippen molar-refractivity contribution in [2.24, 2.45) is 12.8 Å². The zero-order chi connectivity index (χ0) is 23.2. The molecule has 12 nitrogen and oxygen atoms in total. The van der Waals surface area contributed by atoms with Gasteiger partial charge in [0.1, 0.15) is 24.2 Å². The van der Waals surface area contributed by atoms with E-state index < -0.39 is 29.6 Å². The number of nitrogens with two attached hydrogens (primary N) is 1. The second-order valence-electron chi connectivity index (χ2n) is 7.60. The first-order valence-corrected chi connectivity index (χ1v) is 9.98. The fourth-order valence-corrected chi connectivity index (χ4v) is 3.91. The second kappa shape index (κ2) is 7.86. The van der Waals surface area contributed by atoms with Crippen LogP contribution in [0.4, 0.5) is 9.18 Å². The van der Waals surface area contributed by atoms with E-state index in [9.17, 15) is 9.59 Å². The minimum atomic E-state index is -1.61. The molecule has 3 aromatic rings. The molecule has 1 amide bonds. The number of halogens is 1. The van der Waals surface area contributed by atoms with Crippen LogP contribution in [-0.2, 0) is 32.1 Å². The molecule has 170 valence electrons. The third-order valence-corrected chi connectivity index (χ3v) is 5.60. The van der Waals surface area contributed by atoms with E-state index in [0.29, 0.717) is 17.1 Å². The van der Waals surface area contributed by atoms with Gasteiger partial charge < -0.3 is 10.5 Å². The first kappa shape index (κ1) is 20.9. The Hall–Kier alpha value is -3.97. The number of carbonyl (C=O) groups is 2. The number of aromatic nitrogens is 5. The summed E-state index contributed by atoms with van der Waals surface area (Å²) in [6.45, 7) is 0.279. The van der Waals surface area contributed by atoms with Gasteiger partial charge in [-0.2, -0.15) is 4.89 Å². The zero-order valence-corrected chi connectivity index (χ0v) is 17.3. The van der Waals surface area contributed by atoms with Crippen LogP contribution in [0.5, 0.6) is 0 Å². The van der Waals surface area contributed by atoms with E-state index in [1.807, 2.05) is 0 Å². The summed E-state index contributed by atoms with van der Waals surface area (Å²) in [5, 5.41) is 11.2. The highest BCUT2D eigenvalue weighted by Crippen LogP contribution is 2.41.